The van der Waals surface area contributed by atoms with Crippen molar-refractivity contribution in [3.63, 3.8) is 0 Å². The van der Waals surface area contributed by atoms with Gasteiger partial charge in [0.25, 0.3) is 0 Å². The molecule has 0 unspecified atom stereocenters. The number of anilines is 1. The summed E-state index contributed by atoms with van der Waals surface area (Å²) in [6, 6.07) is 14.9. The Labute approximate surface area is 163 Å². The van der Waals surface area contributed by atoms with Crippen molar-refractivity contribution >= 4 is 16.7 Å². The molecule has 0 saturated heterocycles. The second-order valence-electron chi connectivity index (χ2n) is 6.87. The molecule has 0 aliphatic carbocycles. The lowest BCUT2D eigenvalue weighted by Crippen LogP contribution is -2.01. The van der Waals surface area contributed by atoms with Crippen LogP contribution in [0.25, 0.3) is 33.3 Å². The topological polar surface area (TPSA) is 64.7 Å². The Bertz CT molecular complexity index is 1170. The fraction of sp³-hybridized carbons (Fsp3) is 0.174. The highest BCUT2D eigenvalue weighted by Gasteiger charge is 2.12. The van der Waals surface area contributed by atoms with Crippen LogP contribution in [0, 0.1) is 12.7 Å². The van der Waals surface area contributed by atoms with E-state index in [2.05, 4.69) is 21.9 Å². The third-order valence-electron chi connectivity index (χ3n) is 4.80. The highest BCUT2D eigenvalue weighted by molar-refractivity contribution is 5.93. The number of nitrogen functional groups attached to an aromatic ring is 1. The minimum Gasteiger partial charge on any atom is -0.383 e. The molecule has 2 aromatic carbocycles. The Balaban J connectivity index is 1.85. The Morgan fingerprint density at radius 2 is 1.82 bits per heavy atom. The number of rotatable bonds is 4. The summed E-state index contributed by atoms with van der Waals surface area (Å²) in [5.74, 6) is 1.03. The largest absolute Gasteiger partial charge is 0.383 e. The van der Waals surface area contributed by atoms with Crippen molar-refractivity contribution in [1.82, 2.24) is 15.0 Å². The minimum atomic E-state index is -0.222. The zero-order valence-electron chi connectivity index (χ0n) is 15.9. The molecule has 0 spiro atoms. The summed E-state index contributed by atoms with van der Waals surface area (Å²) in [6.07, 6.45) is 3.52. The van der Waals surface area contributed by atoms with E-state index in [1.54, 1.807) is 19.2 Å². The monoisotopic (exact) mass is 372 g/mol. The number of nitrogens with zero attached hydrogens (tertiary/aromatic N) is 3. The van der Waals surface area contributed by atoms with E-state index in [0.717, 1.165) is 52.0 Å². The van der Waals surface area contributed by atoms with Gasteiger partial charge in [0.1, 0.15) is 17.5 Å². The van der Waals surface area contributed by atoms with Gasteiger partial charge >= 0.3 is 0 Å². The molecule has 0 aliphatic rings. The number of halogens is 1. The van der Waals surface area contributed by atoms with Gasteiger partial charge in [-0.3, -0.25) is 4.98 Å². The molecule has 0 fully saturated rings. The summed E-state index contributed by atoms with van der Waals surface area (Å²) in [5, 5.41) is 0.822. The van der Waals surface area contributed by atoms with Crippen molar-refractivity contribution in [3.05, 3.63) is 71.9 Å². The molecule has 0 saturated carbocycles. The van der Waals surface area contributed by atoms with Crippen LogP contribution in [-0.4, -0.2) is 15.0 Å². The fourth-order valence-corrected chi connectivity index (χ4v) is 3.37. The quantitative estimate of drug-likeness (QED) is 0.525. The second kappa shape index (κ2) is 7.35. The van der Waals surface area contributed by atoms with Crippen LogP contribution < -0.4 is 5.73 Å². The van der Waals surface area contributed by atoms with Crippen LogP contribution in [-0.2, 0) is 6.42 Å². The highest BCUT2D eigenvalue weighted by atomic mass is 19.1. The number of aromatic nitrogens is 3. The first kappa shape index (κ1) is 18.0. The number of pyridine rings is 1. The average molecular weight is 372 g/mol. The van der Waals surface area contributed by atoms with Crippen molar-refractivity contribution in [3.8, 4) is 22.4 Å². The molecule has 0 radical (unpaired) electrons. The molecular weight excluding hydrogens is 351 g/mol. The molecule has 0 aliphatic heterocycles. The molecule has 140 valence electrons. The Morgan fingerprint density at radius 1 is 1.00 bits per heavy atom. The van der Waals surface area contributed by atoms with Gasteiger partial charge in [0, 0.05) is 29.1 Å². The van der Waals surface area contributed by atoms with Crippen LogP contribution in [0.4, 0.5) is 10.2 Å². The third-order valence-corrected chi connectivity index (χ3v) is 4.80. The number of aryl methyl sites for hydroxylation is 2. The Hall–Kier alpha value is -3.34. The molecule has 28 heavy (non-hydrogen) atoms. The predicted octanol–water partition coefficient (Wildman–Crippen LogP) is 5.34. The van der Waals surface area contributed by atoms with Gasteiger partial charge < -0.3 is 5.73 Å². The standard InChI is InChI=1S/C23H21FN4/c1-3-5-21-27-20-10-8-15(13-18(20)23(25)28-21)17-6-4-11-26-22(17)16-7-9-19(24)14(2)12-16/h4,6-13H,3,5H2,1-2H3,(H2,25,27,28). The van der Waals surface area contributed by atoms with E-state index in [9.17, 15) is 4.39 Å². The van der Waals surface area contributed by atoms with Crippen molar-refractivity contribution < 1.29 is 4.39 Å². The Kier molecular flexibility index (Phi) is 4.74. The predicted molar refractivity (Wildman–Crippen MR) is 111 cm³/mol. The first-order valence-corrected chi connectivity index (χ1v) is 9.35. The first-order valence-electron chi connectivity index (χ1n) is 9.35. The van der Waals surface area contributed by atoms with E-state index < -0.39 is 0 Å². The maximum atomic E-state index is 13.7. The summed E-state index contributed by atoms with van der Waals surface area (Å²) in [7, 11) is 0. The first-order chi connectivity index (χ1) is 13.6. The SMILES string of the molecule is CCCc1nc(N)c2cc(-c3cccnc3-c3ccc(F)c(C)c3)ccc2n1. The van der Waals surface area contributed by atoms with Crippen molar-refractivity contribution in [2.45, 2.75) is 26.7 Å². The fourth-order valence-electron chi connectivity index (χ4n) is 3.37. The molecule has 4 aromatic rings. The molecule has 0 amide bonds. The van der Waals surface area contributed by atoms with Gasteiger partial charge in [0.05, 0.1) is 11.2 Å². The van der Waals surface area contributed by atoms with E-state index in [0.29, 0.717) is 11.4 Å². The summed E-state index contributed by atoms with van der Waals surface area (Å²) in [4.78, 5) is 13.6. The molecule has 2 aromatic heterocycles. The summed E-state index contributed by atoms with van der Waals surface area (Å²) < 4.78 is 13.7. The van der Waals surface area contributed by atoms with Crippen LogP contribution in [0.3, 0.4) is 0 Å². The van der Waals surface area contributed by atoms with Crippen molar-refractivity contribution in [1.29, 1.82) is 0 Å². The van der Waals surface area contributed by atoms with Gasteiger partial charge in [0.15, 0.2) is 0 Å². The van der Waals surface area contributed by atoms with E-state index >= 15 is 0 Å². The molecule has 5 heteroatoms. The number of nitrogens with two attached hydrogens (primary N) is 1. The van der Waals surface area contributed by atoms with Crippen molar-refractivity contribution in [2.75, 3.05) is 5.73 Å². The van der Waals surface area contributed by atoms with Gasteiger partial charge in [-0.05, 0) is 60.9 Å². The molecule has 0 atom stereocenters. The molecule has 4 rings (SSSR count). The number of hydrogen-bond acceptors (Lipinski definition) is 4. The van der Waals surface area contributed by atoms with Gasteiger partial charge in [-0.2, -0.15) is 0 Å². The smallest absolute Gasteiger partial charge is 0.135 e. The maximum Gasteiger partial charge on any atom is 0.135 e. The molecule has 0 bridgehead atoms. The summed E-state index contributed by atoms with van der Waals surface area (Å²) in [5.41, 5.74) is 11.2. The van der Waals surface area contributed by atoms with Crippen LogP contribution >= 0.6 is 0 Å². The van der Waals surface area contributed by atoms with E-state index in [-0.39, 0.29) is 5.82 Å². The highest BCUT2D eigenvalue weighted by Crippen LogP contribution is 2.33. The van der Waals surface area contributed by atoms with E-state index in [1.807, 2.05) is 36.4 Å². The zero-order valence-corrected chi connectivity index (χ0v) is 15.9. The van der Waals surface area contributed by atoms with Crippen molar-refractivity contribution in [2.24, 2.45) is 0 Å². The number of fused-ring (bicyclic) bond motifs is 1. The van der Waals surface area contributed by atoms with Gasteiger partial charge in [0.2, 0.25) is 0 Å². The van der Waals surface area contributed by atoms with Gasteiger partial charge in [-0.15, -0.1) is 0 Å². The van der Waals surface area contributed by atoms with E-state index in [4.69, 9.17) is 5.73 Å². The molecular formula is C23H21FN4. The average Bonchev–Trinajstić information content (AvgIpc) is 2.70. The lowest BCUT2D eigenvalue weighted by atomic mass is 9.97. The minimum absolute atomic E-state index is 0.222. The number of benzene rings is 2. The van der Waals surface area contributed by atoms with Gasteiger partial charge in [-0.1, -0.05) is 19.1 Å². The maximum absolute atomic E-state index is 13.7. The normalized spacial score (nSPS) is 11.1. The molecule has 2 heterocycles. The van der Waals surface area contributed by atoms with Crippen LogP contribution in [0.1, 0.15) is 24.7 Å². The Morgan fingerprint density at radius 3 is 2.61 bits per heavy atom. The lowest BCUT2D eigenvalue weighted by Gasteiger charge is -2.12. The van der Waals surface area contributed by atoms with Crippen LogP contribution in [0.5, 0.6) is 0 Å². The third kappa shape index (κ3) is 3.31. The van der Waals surface area contributed by atoms with Crippen LogP contribution in [0.2, 0.25) is 0 Å². The number of hydrogen-bond donors (Lipinski definition) is 1. The van der Waals surface area contributed by atoms with E-state index in [1.165, 1.54) is 6.07 Å². The second-order valence-corrected chi connectivity index (χ2v) is 6.87. The zero-order chi connectivity index (χ0) is 19.7. The summed E-state index contributed by atoms with van der Waals surface area (Å²) >= 11 is 0. The lowest BCUT2D eigenvalue weighted by molar-refractivity contribution is 0.619. The molecule has 4 nitrogen and oxygen atoms in total. The van der Waals surface area contributed by atoms with Crippen LogP contribution in [0.15, 0.2) is 54.7 Å². The van der Waals surface area contributed by atoms with Gasteiger partial charge in [-0.25, -0.2) is 14.4 Å². The molecule has 2 N–H and O–H groups in total. The summed E-state index contributed by atoms with van der Waals surface area (Å²) in [6.45, 7) is 3.84.